The van der Waals surface area contributed by atoms with Crippen molar-refractivity contribution in [3.05, 3.63) is 59.7 Å². The van der Waals surface area contributed by atoms with Gasteiger partial charge in [0.2, 0.25) is 0 Å². The summed E-state index contributed by atoms with van der Waals surface area (Å²) < 4.78 is 64.5. The van der Waals surface area contributed by atoms with E-state index in [1.165, 1.54) is 31.5 Å². The first-order valence-corrected chi connectivity index (χ1v) is 10.9. The van der Waals surface area contributed by atoms with Crippen LogP contribution in [0.2, 0.25) is 0 Å². The number of aromatic nitrogens is 3. The van der Waals surface area contributed by atoms with Gasteiger partial charge in [0.15, 0.2) is 21.3 Å². The molecule has 2 heterocycles. The Morgan fingerprint density at radius 1 is 1.12 bits per heavy atom. The Morgan fingerprint density at radius 3 is 2.48 bits per heavy atom. The van der Waals surface area contributed by atoms with E-state index >= 15 is 0 Å². The number of pyridine rings is 1. The molecule has 0 aliphatic heterocycles. The Morgan fingerprint density at radius 2 is 1.85 bits per heavy atom. The van der Waals surface area contributed by atoms with Gasteiger partial charge in [-0.1, -0.05) is 0 Å². The third kappa shape index (κ3) is 5.57. The zero-order valence-corrected chi connectivity index (χ0v) is 18.0. The van der Waals surface area contributed by atoms with Crippen LogP contribution in [-0.2, 0) is 9.84 Å². The molecule has 3 N–H and O–H groups in total. The first-order valence-electron chi connectivity index (χ1n) is 10.5. The fourth-order valence-corrected chi connectivity index (χ4v) is 3.39. The minimum atomic E-state index is -3.85. The summed E-state index contributed by atoms with van der Waals surface area (Å²) in [6.45, 7) is -2.86. The Bertz CT molecular complexity index is 1420. The summed E-state index contributed by atoms with van der Waals surface area (Å²) in [6.07, 6.45) is 2.14. The minimum Gasteiger partial charge on any atom is -0.495 e. The van der Waals surface area contributed by atoms with Gasteiger partial charge >= 0.3 is 0 Å². The van der Waals surface area contributed by atoms with Gasteiger partial charge in [-0.3, -0.25) is 9.59 Å². The second-order valence-corrected chi connectivity index (χ2v) is 8.51. The van der Waals surface area contributed by atoms with Crippen LogP contribution in [0, 0.1) is 5.82 Å². The molecule has 33 heavy (non-hydrogen) atoms. The number of benzene rings is 1. The third-order valence-electron chi connectivity index (χ3n) is 4.19. The van der Waals surface area contributed by atoms with E-state index in [1.54, 1.807) is 5.32 Å². The standard InChI is InChI=1S/C20H19FN6O5S/c1-22-20(29)17-14(24-18-15(33(3,30)31)8-13(32-2)10-23-18)9-16(26-27-17)25-19(28)11-4-6-12(21)7-5-11/h4-10H,1-3H3,(H,22,29)(H2,23,24,25,26,28)/i1D3. The van der Waals surface area contributed by atoms with E-state index < -0.39 is 40.1 Å². The highest BCUT2D eigenvalue weighted by molar-refractivity contribution is 7.90. The summed E-state index contributed by atoms with van der Waals surface area (Å²) in [4.78, 5) is 28.7. The summed E-state index contributed by atoms with van der Waals surface area (Å²) in [5, 5.41) is 14.2. The number of ether oxygens (including phenoxy) is 1. The van der Waals surface area contributed by atoms with E-state index in [1.807, 2.05) is 0 Å². The minimum absolute atomic E-state index is 0.0908. The number of anilines is 3. The van der Waals surface area contributed by atoms with Crippen molar-refractivity contribution in [3.8, 4) is 5.75 Å². The quantitative estimate of drug-likeness (QED) is 0.462. The largest absolute Gasteiger partial charge is 0.495 e. The summed E-state index contributed by atoms with van der Waals surface area (Å²) in [6, 6.07) is 6.94. The monoisotopic (exact) mass is 477 g/mol. The molecule has 0 aliphatic carbocycles. The predicted octanol–water partition coefficient (Wildman–Crippen LogP) is 1.78. The highest BCUT2D eigenvalue weighted by Gasteiger charge is 2.21. The number of rotatable bonds is 7. The molecule has 3 aromatic rings. The van der Waals surface area contributed by atoms with Gasteiger partial charge in [-0.05, 0) is 24.3 Å². The van der Waals surface area contributed by atoms with Gasteiger partial charge in [-0.2, -0.15) is 0 Å². The van der Waals surface area contributed by atoms with E-state index in [-0.39, 0.29) is 33.5 Å². The Labute approximate surface area is 192 Å². The average molecular weight is 477 g/mol. The van der Waals surface area contributed by atoms with Crippen molar-refractivity contribution in [2.45, 2.75) is 4.90 Å². The fourth-order valence-electron chi connectivity index (χ4n) is 2.61. The second-order valence-electron chi connectivity index (χ2n) is 6.53. The topological polar surface area (TPSA) is 152 Å². The molecule has 0 fully saturated rings. The van der Waals surface area contributed by atoms with Crippen LogP contribution in [-0.4, -0.2) is 55.8 Å². The first kappa shape index (κ1) is 19.5. The number of nitrogens with one attached hydrogen (secondary N) is 3. The van der Waals surface area contributed by atoms with Gasteiger partial charge in [-0.25, -0.2) is 17.8 Å². The van der Waals surface area contributed by atoms with Crippen LogP contribution < -0.4 is 20.7 Å². The van der Waals surface area contributed by atoms with Gasteiger partial charge in [0, 0.05) is 35.0 Å². The lowest BCUT2D eigenvalue weighted by molar-refractivity contribution is 0.0957. The molecule has 0 unspecified atom stereocenters. The van der Waals surface area contributed by atoms with E-state index in [9.17, 15) is 22.4 Å². The van der Waals surface area contributed by atoms with Crippen LogP contribution in [0.15, 0.2) is 47.5 Å². The van der Waals surface area contributed by atoms with Crippen LogP contribution in [0.25, 0.3) is 0 Å². The van der Waals surface area contributed by atoms with Gasteiger partial charge in [0.05, 0.1) is 19.0 Å². The molecule has 11 nitrogen and oxygen atoms in total. The SMILES string of the molecule is [2H]C([2H])([2H])NC(=O)c1nnc(NC(=O)c2ccc(F)cc2)cc1Nc1ncc(OC)cc1S(C)(=O)=O. The molecule has 172 valence electrons. The molecular weight excluding hydrogens is 455 g/mol. The van der Waals surface area contributed by atoms with Crippen molar-refractivity contribution in [3.63, 3.8) is 0 Å². The second kappa shape index (κ2) is 9.56. The first-order chi connectivity index (χ1) is 16.8. The number of nitrogens with zero attached hydrogens (tertiary/aromatic N) is 3. The van der Waals surface area contributed by atoms with E-state index in [0.717, 1.165) is 24.5 Å². The Kier molecular flexibility index (Phi) is 5.66. The molecule has 0 saturated carbocycles. The molecule has 0 saturated heterocycles. The number of hydrogen-bond acceptors (Lipinski definition) is 9. The molecule has 0 atom stereocenters. The van der Waals surface area contributed by atoms with Crippen molar-refractivity contribution >= 4 is 39.0 Å². The summed E-state index contributed by atoms with van der Waals surface area (Å²) in [7, 11) is -2.53. The van der Waals surface area contributed by atoms with Crippen molar-refractivity contribution in [2.24, 2.45) is 0 Å². The highest BCUT2D eigenvalue weighted by Crippen LogP contribution is 2.28. The zero-order valence-electron chi connectivity index (χ0n) is 20.2. The molecule has 2 amide bonds. The normalized spacial score (nSPS) is 12.6. The number of carbonyl (C=O) groups is 2. The Balaban J connectivity index is 2.04. The lowest BCUT2D eigenvalue weighted by atomic mass is 10.2. The molecular formula is C20H19FN6O5S. The summed E-state index contributed by atoms with van der Waals surface area (Å²) in [5.41, 5.74) is -0.653. The average Bonchev–Trinajstić information content (AvgIpc) is 2.78. The van der Waals surface area contributed by atoms with Crippen LogP contribution in [0.5, 0.6) is 5.75 Å². The molecule has 2 aromatic heterocycles. The van der Waals surface area contributed by atoms with Crippen LogP contribution in [0.4, 0.5) is 21.7 Å². The number of hydrogen-bond donors (Lipinski definition) is 3. The van der Waals surface area contributed by atoms with Crippen molar-refractivity contribution in [1.82, 2.24) is 20.5 Å². The zero-order chi connectivity index (χ0) is 26.7. The van der Waals surface area contributed by atoms with Gasteiger partial charge in [0.25, 0.3) is 11.8 Å². The number of methoxy groups -OCH3 is 1. The maximum Gasteiger partial charge on any atom is 0.273 e. The van der Waals surface area contributed by atoms with E-state index in [0.29, 0.717) is 0 Å². The molecule has 0 spiro atoms. The smallest absolute Gasteiger partial charge is 0.273 e. The number of halogens is 1. The van der Waals surface area contributed by atoms with E-state index in [4.69, 9.17) is 8.85 Å². The maximum absolute atomic E-state index is 13.1. The molecule has 1 aromatic carbocycles. The molecule has 3 rings (SSSR count). The number of amides is 2. The molecule has 0 radical (unpaired) electrons. The number of carbonyl (C=O) groups excluding carboxylic acids is 2. The summed E-state index contributed by atoms with van der Waals surface area (Å²) in [5.74, 6) is -2.67. The van der Waals surface area contributed by atoms with Gasteiger partial charge in [0.1, 0.15) is 22.3 Å². The molecule has 0 bridgehead atoms. The van der Waals surface area contributed by atoms with Crippen molar-refractivity contribution in [1.29, 1.82) is 0 Å². The fraction of sp³-hybridized carbons (Fsp3) is 0.150. The van der Waals surface area contributed by atoms with Crippen molar-refractivity contribution in [2.75, 3.05) is 31.0 Å². The lowest BCUT2D eigenvalue weighted by Gasteiger charge is -2.14. The van der Waals surface area contributed by atoms with Crippen LogP contribution >= 0.6 is 0 Å². The Hall–Kier alpha value is -4.13. The predicted molar refractivity (Wildman–Crippen MR) is 117 cm³/mol. The van der Waals surface area contributed by atoms with Gasteiger partial charge < -0.3 is 20.7 Å². The van der Waals surface area contributed by atoms with Crippen LogP contribution in [0.3, 0.4) is 0 Å². The molecule has 13 heteroatoms. The maximum atomic E-state index is 13.1. The summed E-state index contributed by atoms with van der Waals surface area (Å²) >= 11 is 0. The third-order valence-corrected chi connectivity index (χ3v) is 5.30. The van der Waals surface area contributed by atoms with Crippen molar-refractivity contribution < 1.29 is 31.2 Å². The van der Waals surface area contributed by atoms with Gasteiger partial charge in [-0.15, -0.1) is 10.2 Å². The van der Waals surface area contributed by atoms with E-state index in [2.05, 4.69) is 25.8 Å². The molecule has 0 aliphatic rings. The lowest BCUT2D eigenvalue weighted by Crippen LogP contribution is -2.22. The highest BCUT2D eigenvalue weighted by atomic mass is 32.2. The number of sulfone groups is 1. The van der Waals surface area contributed by atoms with Crippen LogP contribution in [0.1, 0.15) is 25.0 Å².